The summed E-state index contributed by atoms with van der Waals surface area (Å²) in [6.45, 7) is 4.25. The predicted molar refractivity (Wildman–Crippen MR) is 74.8 cm³/mol. The van der Waals surface area contributed by atoms with Crippen LogP contribution in [0.4, 0.5) is 5.69 Å². The molecule has 0 saturated carbocycles. The smallest absolute Gasteiger partial charge is 0.0447 e. The molecule has 1 N–H and O–H groups in total. The van der Waals surface area contributed by atoms with Gasteiger partial charge in [0.25, 0.3) is 0 Å². The summed E-state index contributed by atoms with van der Waals surface area (Å²) in [5.41, 5.74) is 3.77. The lowest BCUT2D eigenvalue weighted by atomic mass is 10.0. The second kappa shape index (κ2) is 5.19. The lowest BCUT2D eigenvalue weighted by Gasteiger charge is -2.31. The molecule has 1 aliphatic rings. The van der Waals surface area contributed by atoms with Crippen molar-refractivity contribution in [3.8, 4) is 11.1 Å². The van der Waals surface area contributed by atoms with Gasteiger partial charge in [-0.05, 0) is 12.1 Å². The third-order valence-corrected chi connectivity index (χ3v) is 3.33. The third-order valence-electron chi connectivity index (χ3n) is 3.33. The first-order valence-corrected chi connectivity index (χ1v) is 6.40. The molecule has 0 atom stereocenters. The first kappa shape index (κ1) is 11.2. The van der Waals surface area contributed by atoms with Crippen LogP contribution in [0.2, 0.25) is 0 Å². The quantitative estimate of drug-likeness (QED) is 0.870. The summed E-state index contributed by atoms with van der Waals surface area (Å²) in [4.78, 5) is 6.66. The highest BCUT2D eigenvalue weighted by Crippen LogP contribution is 2.30. The molecule has 1 saturated heterocycles. The van der Waals surface area contributed by atoms with E-state index in [-0.39, 0.29) is 0 Å². The molecular weight excluding hydrogens is 222 g/mol. The summed E-state index contributed by atoms with van der Waals surface area (Å²) in [6, 6.07) is 12.7. The number of piperazine rings is 1. The number of para-hydroxylation sites is 1. The Morgan fingerprint density at radius 3 is 2.61 bits per heavy atom. The van der Waals surface area contributed by atoms with Gasteiger partial charge in [-0.3, -0.25) is 4.98 Å². The van der Waals surface area contributed by atoms with Gasteiger partial charge in [-0.15, -0.1) is 0 Å². The minimum Gasteiger partial charge on any atom is -0.368 e. The molecule has 2 aromatic rings. The SMILES string of the molecule is c1cncc(-c2ccccc2N2CCNCC2)c1. The Morgan fingerprint density at radius 2 is 1.83 bits per heavy atom. The first-order valence-electron chi connectivity index (χ1n) is 6.40. The third kappa shape index (κ3) is 2.22. The van der Waals surface area contributed by atoms with Crippen molar-refractivity contribution in [2.24, 2.45) is 0 Å². The largest absolute Gasteiger partial charge is 0.368 e. The van der Waals surface area contributed by atoms with E-state index in [2.05, 4.69) is 45.5 Å². The number of pyridine rings is 1. The maximum Gasteiger partial charge on any atom is 0.0447 e. The number of nitrogens with one attached hydrogen (secondary N) is 1. The fourth-order valence-electron chi connectivity index (χ4n) is 2.42. The van der Waals surface area contributed by atoms with E-state index in [1.54, 1.807) is 0 Å². The van der Waals surface area contributed by atoms with E-state index >= 15 is 0 Å². The van der Waals surface area contributed by atoms with Crippen molar-refractivity contribution in [2.75, 3.05) is 31.1 Å². The summed E-state index contributed by atoms with van der Waals surface area (Å²) in [5, 5.41) is 3.39. The van der Waals surface area contributed by atoms with E-state index in [0.29, 0.717) is 0 Å². The molecule has 1 aromatic carbocycles. The lowest BCUT2D eigenvalue weighted by molar-refractivity contribution is 0.589. The zero-order valence-corrected chi connectivity index (χ0v) is 10.3. The summed E-state index contributed by atoms with van der Waals surface area (Å²) < 4.78 is 0. The van der Waals surface area contributed by atoms with Crippen LogP contribution in [0.1, 0.15) is 0 Å². The number of hydrogen-bond acceptors (Lipinski definition) is 3. The summed E-state index contributed by atoms with van der Waals surface area (Å²) in [5.74, 6) is 0. The van der Waals surface area contributed by atoms with E-state index in [1.807, 2.05) is 18.5 Å². The van der Waals surface area contributed by atoms with Crippen LogP contribution in [-0.4, -0.2) is 31.2 Å². The fourth-order valence-corrected chi connectivity index (χ4v) is 2.42. The van der Waals surface area contributed by atoms with Crippen LogP contribution in [-0.2, 0) is 0 Å². The van der Waals surface area contributed by atoms with Crippen LogP contribution in [0.15, 0.2) is 48.8 Å². The normalized spacial score (nSPS) is 15.7. The molecule has 18 heavy (non-hydrogen) atoms. The van der Waals surface area contributed by atoms with Crippen molar-refractivity contribution < 1.29 is 0 Å². The van der Waals surface area contributed by atoms with Gasteiger partial charge in [0, 0.05) is 55.4 Å². The van der Waals surface area contributed by atoms with Gasteiger partial charge in [0.15, 0.2) is 0 Å². The van der Waals surface area contributed by atoms with Crippen molar-refractivity contribution in [2.45, 2.75) is 0 Å². The van der Waals surface area contributed by atoms with Crippen LogP contribution in [0, 0.1) is 0 Å². The zero-order chi connectivity index (χ0) is 12.2. The van der Waals surface area contributed by atoms with Crippen LogP contribution in [0.3, 0.4) is 0 Å². The zero-order valence-electron chi connectivity index (χ0n) is 10.3. The molecule has 92 valence electrons. The van der Waals surface area contributed by atoms with Crippen LogP contribution in [0.5, 0.6) is 0 Å². The highest BCUT2D eigenvalue weighted by molar-refractivity contribution is 5.78. The van der Waals surface area contributed by atoms with Crippen molar-refractivity contribution in [1.29, 1.82) is 0 Å². The highest BCUT2D eigenvalue weighted by Gasteiger charge is 2.14. The Morgan fingerprint density at radius 1 is 1.00 bits per heavy atom. The van der Waals surface area contributed by atoms with Crippen molar-refractivity contribution in [1.82, 2.24) is 10.3 Å². The summed E-state index contributed by atoms with van der Waals surface area (Å²) in [7, 11) is 0. The Bertz CT molecular complexity index is 504. The number of nitrogens with zero attached hydrogens (tertiary/aromatic N) is 2. The molecule has 3 nitrogen and oxygen atoms in total. The fraction of sp³-hybridized carbons (Fsp3) is 0.267. The maximum atomic E-state index is 4.22. The van der Waals surface area contributed by atoms with Crippen molar-refractivity contribution in [3.05, 3.63) is 48.8 Å². The van der Waals surface area contributed by atoms with Gasteiger partial charge in [-0.25, -0.2) is 0 Å². The van der Waals surface area contributed by atoms with E-state index in [1.165, 1.54) is 16.8 Å². The van der Waals surface area contributed by atoms with E-state index in [9.17, 15) is 0 Å². The van der Waals surface area contributed by atoms with Gasteiger partial charge in [-0.2, -0.15) is 0 Å². The Labute approximate surface area is 107 Å². The number of benzene rings is 1. The Hall–Kier alpha value is -1.87. The van der Waals surface area contributed by atoms with Gasteiger partial charge in [0.2, 0.25) is 0 Å². The average Bonchev–Trinajstić information content (AvgIpc) is 2.49. The number of hydrogen-bond donors (Lipinski definition) is 1. The Kier molecular flexibility index (Phi) is 3.24. The van der Waals surface area contributed by atoms with Gasteiger partial charge in [0.1, 0.15) is 0 Å². The van der Waals surface area contributed by atoms with Crippen LogP contribution >= 0.6 is 0 Å². The van der Waals surface area contributed by atoms with Gasteiger partial charge >= 0.3 is 0 Å². The molecule has 3 heteroatoms. The number of aromatic nitrogens is 1. The van der Waals surface area contributed by atoms with E-state index < -0.39 is 0 Å². The molecule has 0 spiro atoms. The molecular formula is C15H17N3. The Balaban J connectivity index is 1.99. The van der Waals surface area contributed by atoms with E-state index in [0.717, 1.165) is 26.2 Å². The minimum absolute atomic E-state index is 1.06. The average molecular weight is 239 g/mol. The lowest BCUT2D eigenvalue weighted by Crippen LogP contribution is -2.43. The molecule has 0 radical (unpaired) electrons. The molecule has 3 rings (SSSR count). The molecule has 0 amide bonds. The molecule has 2 heterocycles. The predicted octanol–water partition coefficient (Wildman–Crippen LogP) is 2.16. The van der Waals surface area contributed by atoms with Crippen molar-refractivity contribution in [3.63, 3.8) is 0 Å². The number of anilines is 1. The first-order chi connectivity index (χ1) is 8.95. The highest BCUT2D eigenvalue weighted by atomic mass is 15.2. The minimum atomic E-state index is 1.06. The number of rotatable bonds is 2. The molecule has 0 unspecified atom stereocenters. The molecule has 1 fully saturated rings. The summed E-state index contributed by atoms with van der Waals surface area (Å²) >= 11 is 0. The van der Waals surface area contributed by atoms with Crippen LogP contribution in [0.25, 0.3) is 11.1 Å². The van der Waals surface area contributed by atoms with Gasteiger partial charge in [0.05, 0.1) is 0 Å². The molecule has 0 aliphatic carbocycles. The second-order valence-electron chi connectivity index (χ2n) is 4.50. The maximum absolute atomic E-state index is 4.22. The molecule has 0 bridgehead atoms. The second-order valence-corrected chi connectivity index (χ2v) is 4.50. The topological polar surface area (TPSA) is 28.2 Å². The molecule has 1 aliphatic heterocycles. The summed E-state index contributed by atoms with van der Waals surface area (Å²) in [6.07, 6.45) is 3.75. The van der Waals surface area contributed by atoms with Gasteiger partial charge in [-0.1, -0.05) is 24.3 Å². The van der Waals surface area contributed by atoms with Crippen molar-refractivity contribution >= 4 is 5.69 Å². The monoisotopic (exact) mass is 239 g/mol. The standard InChI is InChI=1S/C15H17N3/c1-2-6-15(18-10-8-16-9-11-18)14(5-1)13-4-3-7-17-12-13/h1-7,12,16H,8-11H2. The van der Waals surface area contributed by atoms with Crippen LogP contribution < -0.4 is 10.2 Å². The van der Waals surface area contributed by atoms with E-state index in [4.69, 9.17) is 0 Å². The van der Waals surface area contributed by atoms with Gasteiger partial charge < -0.3 is 10.2 Å². The molecule has 1 aromatic heterocycles.